The van der Waals surface area contributed by atoms with Crippen LogP contribution in [0.25, 0.3) is 10.6 Å². The van der Waals surface area contributed by atoms with Crippen LogP contribution in [0.5, 0.6) is 0 Å². The van der Waals surface area contributed by atoms with Gasteiger partial charge >= 0.3 is 5.97 Å². The van der Waals surface area contributed by atoms with Gasteiger partial charge in [-0.3, -0.25) is 0 Å². The normalized spacial score (nSPS) is 10.4. The van der Waals surface area contributed by atoms with Crippen LogP contribution in [0.2, 0.25) is 0 Å². The number of thiazole rings is 1. The van der Waals surface area contributed by atoms with Crippen molar-refractivity contribution in [1.82, 2.24) is 4.98 Å². The number of aryl methyl sites for hydroxylation is 2. The molecule has 0 amide bonds. The van der Waals surface area contributed by atoms with E-state index in [9.17, 15) is 4.79 Å². The molecule has 0 saturated carbocycles. The van der Waals surface area contributed by atoms with Crippen LogP contribution in [-0.4, -0.2) is 16.1 Å². The monoisotopic (exact) mass is 233 g/mol. The summed E-state index contributed by atoms with van der Waals surface area (Å²) in [6, 6.07) is 5.10. The van der Waals surface area contributed by atoms with Crippen LogP contribution in [0.15, 0.2) is 23.6 Å². The molecule has 0 bridgehead atoms. The largest absolute Gasteiger partial charge is 0.478 e. The Morgan fingerprint density at radius 3 is 2.62 bits per heavy atom. The summed E-state index contributed by atoms with van der Waals surface area (Å²) in [6.07, 6.45) is 0. The first-order chi connectivity index (χ1) is 7.58. The Balaban J connectivity index is 2.47. The quantitative estimate of drug-likeness (QED) is 0.867. The van der Waals surface area contributed by atoms with Gasteiger partial charge in [0.2, 0.25) is 0 Å². The van der Waals surface area contributed by atoms with Crippen molar-refractivity contribution in [2.75, 3.05) is 0 Å². The van der Waals surface area contributed by atoms with E-state index in [-0.39, 0.29) is 0 Å². The van der Waals surface area contributed by atoms with Gasteiger partial charge in [0.05, 0.1) is 5.56 Å². The smallest absolute Gasteiger partial charge is 0.335 e. The number of hydrogen-bond donors (Lipinski definition) is 1. The van der Waals surface area contributed by atoms with Gasteiger partial charge < -0.3 is 5.11 Å². The summed E-state index contributed by atoms with van der Waals surface area (Å²) < 4.78 is 0. The lowest BCUT2D eigenvalue weighted by atomic mass is 10.1. The second-order valence-corrected chi connectivity index (χ2v) is 4.49. The van der Waals surface area contributed by atoms with Crippen LogP contribution >= 0.6 is 11.3 Å². The van der Waals surface area contributed by atoms with Gasteiger partial charge in [-0.2, -0.15) is 0 Å². The maximum atomic E-state index is 10.8. The highest BCUT2D eigenvalue weighted by molar-refractivity contribution is 7.13. The van der Waals surface area contributed by atoms with Crippen molar-refractivity contribution in [2.45, 2.75) is 13.8 Å². The molecular weight excluding hydrogens is 222 g/mol. The Kier molecular flexibility index (Phi) is 2.75. The molecule has 0 unspecified atom stereocenters. The molecule has 82 valence electrons. The number of carbonyl (C=O) groups is 1. The van der Waals surface area contributed by atoms with E-state index in [0.717, 1.165) is 21.8 Å². The molecule has 1 aromatic carbocycles. The molecule has 1 heterocycles. The van der Waals surface area contributed by atoms with E-state index in [1.807, 2.05) is 25.3 Å². The van der Waals surface area contributed by atoms with E-state index in [1.54, 1.807) is 23.5 Å². The average Bonchev–Trinajstić information content (AvgIpc) is 2.64. The maximum absolute atomic E-state index is 10.8. The maximum Gasteiger partial charge on any atom is 0.335 e. The standard InChI is InChI=1S/C12H11NO2S/c1-7-5-9(12(14)15)3-4-10(7)11-13-8(2)6-16-11/h3-6H,1-2H3,(H,14,15). The number of carboxylic acid groups (broad SMARTS) is 1. The third kappa shape index (κ3) is 1.97. The topological polar surface area (TPSA) is 50.2 Å². The molecule has 2 rings (SSSR count). The minimum atomic E-state index is -0.898. The minimum absolute atomic E-state index is 0.314. The van der Waals surface area contributed by atoms with E-state index in [4.69, 9.17) is 5.11 Å². The molecule has 1 aromatic heterocycles. The van der Waals surface area contributed by atoms with Gasteiger partial charge in [0, 0.05) is 16.6 Å². The third-order valence-electron chi connectivity index (χ3n) is 2.32. The second-order valence-electron chi connectivity index (χ2n) is 3.63. The Labute approximate surface area is 97.4 Å². The predicted molar refractivity (Wildman–Crippen MR) is 64.0 cm³/mol. The first kappa shape index (κ1) is 10.8. The average molecular weight is 233 g/mol. The van der Waals surface area contributed by atoms with E-state index in [1.165, 1.54) is 0 Å². The molecule has 0 aliphatic rings. The number of aromatic nitrogens is 1. The molecule has 2 aromatic rings. The summed E-state index contributed by atoms with van der Waals surface area (Å²) >= 11 is 1.57. The Morgan fingerprint density at radius 2 is 2.12 bits per heavy atom. The zero-order valence-corrected chi connectivity index (χ0v) is 9.84. The summed E-state index contributed by atoms with van der Waals surface area (Å²) in [5, 5.41) is 11.8. The second kappa shape index (κ2) is 4.06. The van der Waals surface area contributed by atoms with E-state index >= 15 is 0 Å². The molecule has 0 atom stereocenters. The molecule has 0 aliphatic carbocycles. The molecule has 3 nitrogen and oxygen atoms in total. The van der Waals surface area contributed by atoms with Crippen LogP contribution in [0.1, 0.15) is 21.6 Å². The van der Waals surface area contributed by atoms with Gasteiger partial charge in [0.1, 0.15) is 5.01 Å². The summed E-state index contributed by atoms with van der Waals surface area (Å²) in [4.78, 5) is 15.2. The van der Waals surface area contributed by atoms with E-state index in [0.29, 0.717) is 5.56 Å². The molecule has 0 fully saturated rings. The molecule has 0 radical (unpaired) electrons. The van der Waals surface area contributed by atoms with Crippen molar-refractivity contribution < 1.29 is 9.90 Å². The Hall–Kier alpha value is -1.68. The van der Waals surface area contributed by atoms with Gasteiger partial charge in [-0.05, 0) is 31.5 Å². The van der Waals surface area contributed by atoms with Crippen LogP contribution in [0.4, 0.5) is 0 Å². The molecule has 0 saturated heterocycles. The zero-order valence-electron chi connectivity index (χ0n) is 9.02. The van der Waals surface area contributed by atoms with Crippen molar-refractivity contribution in [3.05, 3.63) is 40.4 Å². The van der Waals surface area contributed by atoms with Crippen molar-refractivity contribution in [3.63, 3.8) is 0 Å². The lowest BCUT2D eigenvalue weighted by Crippen LogP contribution is -1.97. The Bertz CT molecular complexity index is 546. The van der Waals surface area contributed by atoms with Crippen LogP contribution in [-0.2, 0) is 0 Å². The third-order valence-corrected chi connectivity index (χ3v) is 3.32. The van der Waals surface area contributed by atoms with Gasteiger partial charge in [-0.1, -0.05) is 6.07 Å². The Morgan fingerprint density at radius 1 is 1.38 bits per heavy atom. The highest BCUT2D eigenvalue weighted by atomic mass is 32.1. The van der Waals surface area contributed by atoms with Crippen molar-refractivity contribution in [2.24, 2.45) is 0 Å². The minimum Gasteiger partial charge on any atom is -0.478 e. The molecule has 0 aliphatic heterocycles. The lowest BCUT2D eigenvalue weighted by molar-refractivity contribution is 0.0697. The predicted octanol–water partition coefficient (Wildman–Crippen LogP) is 3.13. The number of nitrogens with zero attached hydrogens (tertiary/aromatic N) is 1. The van der Waals surface area contributed by atoms with Crippen molar-refractivity contribution in [1.29, 1.82) is 0 Å². The zero-order chi connectivity index (χ0) is 11.7. The number of benzene rings is 1. The van der Waals surface area contributed by atoms with Gasteiger partial charge in [0.15, 0.2) is 0 Å². The van der Waals surface area contributed by atoms with Crippen LogP contribution < -0.4 is 0 Å². The van der Waals surface area contributed by atoms with Crippen molar-refractivity contribution in [3.8, 4) is 10.6 Å². The fourth-order valence-electron chi connectivity index (χ4n) is 1.51. The molecular formula is C12H11NO2S. The molecule has 0 spiro atoms. The number of carboxylic acids is 1. The summed E-state index contributed by atoms with van der Waals surface area (Å²) in [7, 11) is 0. The van der Waals surface area contributed by atoms with Crippen molar-refractivity contribution >= 4 is 17.3 Å². The van der Waals surface area contributed by atoms with Crippen LogP contribution in [0.3, 0.4) is 0 Å². The highest BCUT2D eigenvalue weighted by Crippen LogP contribution is 2.27. The number of hydrogen-bond acceptors (Lipinski definition) is 3. The summed E-state index contributed by atoms with van der Waals surface area (Å²) in [5.41, 5.74) is 3.24. The summed E-state index contributed by atoms with van der Waals surface area (Å²) in [6.45, 7) is 3.85. The van der Waals surface area contributed by atoms with Gasteiger partial charge in [-0.15, -0.1) is 11.3 Å². The lowest BCUT2D eigenvalue weighted by Gasteiger charge is -2.03. The van der Waals surface area contributed by atoms with Gasteiger partial charge in [0.25, 0.3) is 0 Å². The fourth-order valence-corrected chi connectivity index (χ4v) is 2.40. The first-order valence-corrected chi connectivity index (χ1v) is 5.72. The molecule has 4 heteroatoms. The molecule has 1 N–H and O–H groups in total. The van der Waals surface area contributed by atoms with Crippen LogP contribution in [0, 0.1) is 13.8 Å². The summed E-state index contributed by atoms with van der Waals surface area (Å²) in [5.74, 6) is -0.898. The van der Waals surface area contributed by atoms with Gasteiger partial charge in [-0.25, -0.2) is 9.78 Å². The number of rotatable bonds is 2. The highest BCUT2D eigenvalue weighted by Gasteiger charge is 2.09. The molecule has 16 heavy (non-hydrogen) atoms. The first-order valence-electron chi connectivity index (χ1n) is 4.84. The number of aromatic carboxylic acids is 1. The van der Waals surface area contributed by atoms with E-state index < -0.39 is 5.97 Å². The SMILES string of the molecule is Cc1csc(-c2ccc(C(=O)O)cc2C)n1. The fraction of sp³-hybridized carbons (Fsp3) is 0.167. The van der Waals surface area contributed by atoms with E-state index in [2.05, 4.69) is 4.98 Å².